The normalized spacial score (nSPS) is 14.2. The lowest BCUT2D eigenvalue weighted by Gasteiger charge is -2.17. The molecule has 1 aliphatic rings. The van der Waals surface area contributed by atoms with E-state index in [-0.39, 0.29) is 5.75 Å². The van der Waals surface area contributed by atoms with Gasteiger partial charge in [-0.1, -0.05) is 0 Å². The molecule has 1 N–H and O–H groups in total. The number of hydrogen-bond acceptors (Lipinski definition) is 8. The van der Waals surface area contributed by atoms with Crippen molar-refractivity contribution in [1.29, 1.82) is 0 Å². The van der Waals surface area contributed by atoms with Crippen LogP contribution in [0.25, 0.3) is 22.3 Å². The van der Waals surface area contributed by atoms with Gasteiger partial charge in [0.1, 0.15) is 36.1 Å². The molecule has 1 aromatic heterocycles. The van der Waals surface area contributed by atoms with Crippen LogP contribution in [-0.2, 0) is 4.74 Å². The van der Waals surface area contributed by atoms with Crippen molar-refractivity contribution in [2.24, 2.45) is 0 Å². The summed E-state index contributed by atoms with van der Waals surface area (Å²) in [5.74, 6) is 1.82. The Hall–Kier alpha value is -2.66. The number of nitrogens with zero attached hydrogens (tertiary/aromatic N) is 1. The molecule has 30 heavy (non-hydrogen) atoms. The third-order valence-corrected chi connectivity index (χ3v) is 4.45. The quantitative estimate of drug-likeness (QED) is 0.447. The van der Waals surface area contributed by atoms with Crippen molar-refractivity contribution in [3.8, 4) is 22.8 Å². The molecule has 1 saturated heterocycles. The summed E-state index contributed by atoms with van der Waals surface area (Å²) in [6.07, 6.45) is 0. The Kier molecular flexibility index (Phi) is 6.93. The summed E-state index contributed by atoms with van der Waals surface area (Å²) >= 11 is 0. The van der Waals surface area contributed by atoms with Gasteiger partial charge >= 0.3 is 0 Å². The van der Waals surface area contributed by atoms with Crippen LogP contribution in [0.15, 0.2) is 52.9 Å². The van der Waals surface area contributed by atoms with E-state index in [0.717, 1.165) is 46.5 Å². The molecule has 0 spiro atoms. The van der Waals surface area contributed by atoms with Gasteiger partial charge in [0.05, 0.1) is 18.6 Å². The Bertz CT molecular complexity index is 1060. The largest absolute Gasteiger partial charge is 0.508 e. The van der Waals surface area contributed by atoms with Crippen LogP contribution >= 0.6 is 0 Å². The van der Waals surface area contributed by atoms with Crippen LogP contribution in [0.3, 0.4) is 0 Å². The molecule has 0 unspecified atom stereocenters. The van der Waals surface area contributed by atoms with Gasteiger partial charge in [0.25, 0.3) is 0 Å². The van der Waals surface area contributed by atoms with Gasteiger partial charge in [0.15, 0.2) is 13.1 Å². The lowest BCUT2D eigenvalue weighted by molar-refractivity contribution is -2.00. The molecular formula is C20H20ClNO8. The van der Waals surface area contributed by atoms with Gasteiger partial charge in [-0.2, -0.15) is 0 Å². The van der Waals surface area contributed by atoms with E-state index in [1.807, 2.05) is 36.4 Å². The van der Waals surface area contributed by atoms with Crippen molar-refractivity contribution in [3.05, 3.63) is 53.9 Å². The number of phenolic OH excluding ortho intramolecular Hbond substituents is 1. The van der Waals surface area contributed by atoms with E-state index >= 15 is 0 Å². The van der Waals surface area contributed by atoms with E-state index in [1.54, 1.807) is 19.2 Å². The highest BCUT2D eigenvalue weighted by Gasteiger charge is 2.17. The maximum atomic E-state index is 9.90. The van der Waals surface area contributed by atoms with E-state index in [2.05, 4.69) is 4.58 Å². The first-order chi connectivity index (χ1) is 14.2. The van der Waals surface area contributed by atoms with Crippen molar-refractivity contribution in [3.63, 3.8) is 0 Å². The lowest BCUT2D eigenvalue weighted by Crippen LogP contribution is -2.68. The molecule has 10 heteroatoms. The Morgan fingerprint density at radius 3 is 2.20 bits per heavy atom. The molecular weight excluding hydrogens is 418 g/mol. The summed E-state index contributed by atoms with van der Waals surface area (Å²) in [6, 6.07) is 15.0. The summed E-state index contributed by atoms with van der Waals surface area (Å²) in [5, 5.41) is 11.8. The van der Waals surface area contributed by atoms with Gasteiger partial charge in [-0.15, -0.1) is 10.2 Å². The average molecular weight is 438 g/mol. The van der Waals surface area contributed by atoms with Crippen LogP contribution in [0.1, 0.15) is 0 Å². The third-order valence-electron chi connectivity index (χ3n) is 4.45. The van der Waals surface area contributed by atoms with Crippen molar-refractivity contribution >= 4 is 11.0 Å². The first-order valence-electron chi connectivity index (χ1n) is 8.93. The minimum absolute atomic E-state index is 0.231. The fraction of sp³-hybridized carbons (Fsp3) is 0.250. The van der Waals surface area contributed by atoms with Gasteiger partial charge in [0.2, 0.25) is 5.36 Å². The fourth-order valence-electron chi connectivity index (χ4n) is 3.12. The second kappa shape index (κ2) is 9.43. The number of halogens is 1. The van der Waals surface area contributed by atoms with Crippen molar-refractivity contribution in [2.45, 2.75) is 0 Å². The molecule has 4 rings (SSSR count). The summed E-state index contributed by atoms with van der Waals surface area (Å²) < 4.78 is 53.0. The first kappa shape index (κ1) is 22.0. The van der Waals surface area contributed by atoms with Crippen molar-refractivity contribution in [2.75, 3.05) is 33.4 Å². The Morgan fingerprint density at radius 1 is 0.967 bits per heavy atom. The van der Waals surface area contributed by atoms with E-state index in [4.69, 9.17) is 32.5 Å². The standard InChI is InChI=1S/C20H19NO4.ClHO4/c1-23-16-5-2-14(3-6-16)20-13-18(21-8-10-24-11-9-21)17-12-15(22)4-7-19(17)25-20;2-1(3,4)5/h2-7,12-13H,8-11H2,1H3;(H,2,3,4,5). The molecule has 0 atom stereocenters. The number of rotatable bonds is 2. The van der Waals surface area contributed by atoms with E-state index < -0.39 is 10.2 Å². The molecule has 9 nitrogen and oxygen atoms in total. The Labute approximate surface area is 174 Å². The maximum Gasteiger partial charge on any atom is 0.215 e. The second-order valence-electron chi connectivity index (χ2n) is 6.38. The zero-order valence-corrected chi connectivity index (χ0v) is 16.8. The molecule has 2 heterocycles. The topological polar surface area (TPSA) is 147 Å². The fourth-order valence-corrected chi connectivity index (χ4v) is 3.12. The van der Waals surface area contributed by atoms with Gasteiger partial charge in [-0.3, -0.25) is 0 Å². The minimum atomic E-state index is -4.94. The molecule has 0 aliphatic carbocycles. The summed E-state index contributed by atoms with van der Waals surface area (Å²) in [6.45, 7) is 3.03. The number of aromatic hydroxyl groups is 1. The number of phenols is 1. The molecule has 160 valence electrons. The zero-order valence-electron chi connectivity index (χ0n) is 16.1. The van der Waals surface area contributed by atoms with E-state index in [0.29, 0.717) is 13.2 Å². The molecule has 1 aliphatic heterocycles. The number of hydrogen-bond donors (Lipinski definition) is 1. The summed E-state index contributed by atoms with van der Waals surface area (Å²) in [4.78, 5) is 0. The molecule has 1 fully saturated rings. The summed E-state index contributed by atoms with van der Waals surface area (Å²) in [7, 11) is -3.29. The molecule has 0 radical (unpaired) electrons. The predicted molar refractivity (Wildman–Crippen MR) is 95.7 cm³/mol. The SMILES string of the molecule is COc1ccc(-c2cc(=[N+]3CCOCC3)c3cc(O)ccc3o2)cc1.[O-][Cl+3]([O-])([O-])[O-]. The highest BCUT2D eigenvalue weighted by molar-refractivity contribution is 5.80. The molecule has 0 saturated carbocycles. The van der Waals surface area contributed by atoms with Crippen LogP contribution in [0, 0.1) is 10.2 Å². The third kappa shape index (κ3) is 5.92. The van der Waals surface area contributed by atoms with Crippen molar-refractivity contribution in [1.82, 2.24) is 4.58 Å². The van der Waals surface area contributed by atoms with E-state index in [9.17, 15) is 5.11 Å². The van der Waals surface area contributed by atoms with Crippen molar-refractivity contribution < 1.29 is 47.9 Å². The Balaban J connectivity index is 0.000000461. The van der Waals surface area contributed by atoms with Gasteiger partial charge in [-0.25, -0.2) is 23.2 Å². The van der Waals surface area contributed by atoms with Crippen LogP contribution in [0.5, 0.6) is 11.5 Å². The Morgan fingerprint density at radius 2 is 1.60 bits per heavy atom. The van der Waals surface area contributed by atoms with Gasteiger partial charge in [0, 0.05) is 5.56 Å². The highest BCUT2D eigenvalue weighted by atomic mass is 35.7. The minimum Gasteiger partial charge on any atom is -0.508 e. The van der Waals surface area contributed by atoms with Crippen LogP contribution in [-0.4, -0.2) is 38.5 Å². The lowest BCUT2D eigenvalue weighted by atomic mass is 10.1. The average Bonchev–Trinajstić information content (AvgIpc) is 2.72. The molecule has 0 bridgehead atoms. The van der Waals surface area contributed by atoms with E-state index in [1.165, 1.54) is 0 Å². The number of benzene rings is 2. The monoisotopic (exact) mass is 437 g/mol. The number of fused-ring (bicyclic) bond motifs is 1. The maximum absolute atomic E-state index is 9.90. The molecule has 3 aromatic rings. The number of methoxy groups -OCH3 is 1. The number of morpholine rings is 1. The molecule has 0 amide bonds. The van der Waals surface area contributed by atoms with Crippen LogP contribution in [0.4, 0.5) is 0 Å². The van der Waals surface area contributed by atoms with Gasteiger partial charge < -0.3 is 19.0 Å². The smallest absolute Gasteiger partial charge is 0.215 e. The first-order valence-corrected chi connectivity index (χ1v) is 10.2. The summed E-state index contributed by atoms with van der Waals surface area (Å²) in [5.41, 5.74) is 1.72. The predicted octanol–water partition coefficient (Wildman–Crippen LogP) is -2.14. The zero-order chi connectivity index (χ0) is 21.7. The number of ether oxygens (including phenoxy) is 2. The highest BCUT2D eigenvalue weighted by Crippen LogP contribution is 2.25. The second-order valence-corrected chi connectivity index (χ2v) is 7.14. The molecule has 2 aromatic carbocycles. The van der Waals surface area contributed by atoms with Crippen LogP contribution in [0.2, 0.25) is 0 Å². The van der Waals surface area contributed by atoms with Gasteiger partial charge in [-0.05, 0) is 42.5 Å². The van der Waals surface area contributed by atoms with Crippen LogP contribution < -0.4 is 33.3 Å².